The van der Waals surface area contributed by atoms with Crippen LogP contribution in [0.5, 0.6) is 5.75 Å². The van der Waals surface area contributed by atoms with Gasteiger partial charge in [0.15, 0.2) is 5.78 Å². The van der Waals surface area contributed by atoms with Crippen LogP contribution in [0.4, 0.5) is 4.39 Å². The molecule has 0 radical (unpaired) electrons. The Balaban J connectivity index is 2.31. The molecule has 1 aliphatic rings. The van der Waals surface area contributed by atoms with Gasteiger partial charge in [0.2, 0.25) is 0 Å². The maximum absolute atomic E-state index is 13.5. The summed E-state index contributed by atoms with van der Waals surface area (Å²) < 4.78 is 18.7. The Morgan fingerprint density at radius 1 is 1.25 bits per heavy atom. The first kappa shape index (κ1) is 15.0. The highest BCUT2D eigenvalue weighted by Gasteiger charge is 2.37. The third-order valence-electron chi connectivity index (χ3n) is 4.11. The molecule has 1 aromatic rings. The number of benzene rings is 1. The summed E-state index contributed by atoms with van der Waals surface area (Å²) in [5.74, 6) is -0.0687. The van der Waals surface area contributed by atoms with Gasteiger partial charge in [0.25, 0.3) is 0 Å². The number of rotatable bonds is 4. The first-order chi connectivity index (χ1) is 9.46. The number of halogens is 1. The van der Waals surface area contributed by atoms with Gasteiger partial charge in [-0.05, 0) is 58.0 Å². The van der Waals surface area contributed by atoms with Crippen molar-refractivity contribution in [1.82, 2.24) is 4.90 Å². The SMILES string of the molecule is COc1ccc(F)cc1C(=O)C(C)(C)N1CCCCC1. The fourth-order valence-electron chi connectivity index (χ4n) is 2.78. The van der Waals surface area contributed by atoms with Crippen molar-refractivity contribution in [3.05, 3.63) is 29.6 Å². The van der Waals surface area contributed by atoms with E-state index in [0.717, 1.165) is 25.9 Å². The molecule has 0 saturated carbocycles. The topological polar surface area (TPSA) is 29.5 Å². The molecule has 1 heterocycles. The molecule has 0 atom stereocenters. The van der Waals surface area contributed by atoms with E-state index in [9.17, 15) is 9.18 Å². The summed E-state index contributed by atoms with van der Waals surface area (Å²) in [7, 11) is 1.50. The lowest BCUT2D eigenvalue weighted by Crippen LogP contribution is -2.52. The monoisotopic (exact) mass is 279 g/mol. The van der Waals surface area contributed by atoms with Crippen LogP contribution in [-0.4, -0.2) is 36.4 Å². The van der Waals surface area contributed by atoms with E-state index in [4.69, 9.17) is 4.74 Å². The van der Waals surface area contributed by atoms with Crippen molar-refractivity contribution in [2.24, 2.45) is 0 Å². The predicted octanol–water partition coefficient (Wildman–Crippen LogP) is 3.28. The van der Waals surface area contributed by atoms with E-state index in [0.29, 0.717) is 11.3 Å². The molecule has 2 rings (SSSR count). The summed E-state index contributed by atoms with van der Waals surface area (Å²) in [4.78, 5) is 15.0. The number of carbonyl (C=O) groups is 1. The second kappa shape index (κ2) is 5.92. The van der Waals surface area contributed by atoms with Gasteiger partial charge in [0, 0.05) is 0 Å². The summed E-state index contributed by atoms with van der Waals surface area (Å²) in [5, 5.41) is 0. The highest BCUT2D eigenvalue weighted by Crippen LogP contribution is 2.29. The quantitative estimate of drug-likeness (QED) is 0.792. The van der Waals surface area contributed by atoms with Gasteiger partial charge in [-0.3, -0.25) is 9.69 Å². The molecular weight excluding hydrogens is 257 g/mol. The zero-order chi connectivity index (χ0) is 14.8. The molecule has 0 amide bonds. The maximum Gasteiger partial charge on any atom is 0.186 e. The molecule has 1 aromatic carbocycles. The van der Waals surface area contributed by atoms with Gasteiger partial charge in [0.05, 0.1) is 18.2 Å². The van der Waals surface area contributed by atoms with E-state index in [1.54, 1.807) is 0 Å². The van der Waals surface area contributed by atoms with Crippen LogP contribution in [0.2, 0.25) is 0 Å². The third kappa shape index (κ3) is 2.85. The molecule has 110 valence electrons. The second-order valence-corrected chi connectivity index (χ2v) is 5.78. The van der Waals surface area contributed by atoms with Gasteiger partial charge in [-0.1, -0.05) is 6.42 Å². The zero-order valence-electron chi connectivity index (χ0n) is 12.4. The van der Waals surface area contributed by atoms with Crippen molar-refractivity contribution < 1.29 is 13.9 Å². The molecule has 1 aliphatic heterocycles. The highest BCUT2D eigenvalue weighted by molar-refractivity contribution is 6.04. The normalized spacial score (nSPS) is 17.0. The number of ether oxygens (including phenoxy) is 1. The number of nitrogens with zero attached hydrogens (tertiary/aromatic N) is 1. The third-order valence-corrected chi connectivity index (χ3v) is 4.11. The van der Waals surface area contributed by atoms with E-state index in [2.05, 4.69) is 4.90 Å². The molecular formula is C16H22FNO2. The standard InChI is InChI=1S/C16H22FNO2/c1-16(2,18-9-5-4-6-10-18)15(19)13-11-12(17)7-8-14(13)20-3/h7-8,11H,4-6,9-10H2,1-3H3. The Bertz CT molecular complexity index is 493. The smallest absolute Gasteiger partial charge is 0.186 e. The van der Waals surface area contributed by atoms with Crippen LogP contribution in [0.15, 0.2) is 18.2 Å². The summed E-state index contributed by atoms with van der Waals surface area (Å²) >= 11 is 0. The number of carbonyl (C=O) groups excluding carboxylic acids is 1. The van der Waals surface area contributed by atoms with Crippen molar-refractivity contribution >= 4 is 5.78 Å². The molecule has 0 aromatic heterocycles. The van der Waals surface area contributed by atoms with E-state index in [-0.39, 0.29) is 5.78 Å². The fraction of sp³-hybridized carbons (Fsp3) is 0.562. The van der Waals surface area contributed by atoms with Crippen molar-refractivity contribution in [2.45, 2.75) is 38.6 Å². The van der Waals surface area contributed by atoms with Gasteiger partial charge in [-0.25, -0.2) is 4.39 Å². The second-order valence-electron chi connectivity index (χ2n) is 5.78. The molecule has 3 nitrogen and oxygen atoms in total. The Hall–Kier alpha value is -1.42. The minimum atomic E-state index is -0.637. The molecule has 0 bridgehead atoms. The number of hydrogen-bond donors (Lipinski definition) is 0. The van der Waals surface area contributed by atoms with E-state index in [1.165, 1.54) is 31.7 Å². The number of piperidine rings is 1. The lowest BCUT2D eigenvalue weighted by Gasteiger charge is -2.39. The van der Waals surface area contributed by atoms with Crippen LogP contribution in [0.25, 0.3) is 0 Å². The Kier molecular flexibility index (Phi) is 4.43. The summed E-state index contributed by atoms with van der Waals surface area (Å²) in [6, 6.07) is 4.09. The Labute approximate surface area is 119 Å². The van der Waals surface area contributed by atoms with Gasteiger partial charge in [-0.2, -0.15) is 0 Å². The zero-order valence-corrected chi connectivity index (χ0v) is 12.4. The lowest BCUT2D eigenvalue weighted by molar-refractivity contribution is 0.0576. The summed E-state index contributed by atoms with van der Waals surface area (Å²) in [5.41, 5.74) is -0.315. The molecule has 0 spiro atoms. The van der Waals surface area contributed by atoms with Gasteiger partial charge < -0.3 is 4.74 Å². The van der Waals surface area contributed by atoms with E-state index < -0.39 is 11.4 Å². The van der Waals surface area contributed by atoms with Crippen LogP contribution < -0.4 is 4.74 Å². The first-order valence-electron chi connectivity index (χ1n) is 7.10. The Morgan fingerprint density at radius 3 is 2.50 bits per heavy atom. The highest BCUT2D eigenvalue weighted by atomic mass is 19.1. The molecule has 1 saturated heterocycles. The van der Waals surface area contributed by atoms with Crippen molar-refractivity contribution in [2.75, 3.05) is 20.2 Å². The predicted molar refractivity (Wildman–Crippen MR) is 76.8 cm³/mol. The first-order valence-corrected chi connectivity index (χ1v) is 7.10. The molecule has 0 aliphatic carbocycles. The van der Waals surface area contributed by atoms with Gasteiger partial charge >= 0.3 is 0 Å². The van der Waals surface area contributed by atoms with Crippen molar-refractivity contribution in [1.29, 1.82) is 0 Å². The number of likely N-dealkylation sites (tertiary alicyclic amines) is 1. The van der Waals surface area contributed by atoms with Crippen LogP contribution in [-0.2, 0) is 0 Å². The average Bonchev–Trinajstić information content (AvgIpc) is 2.47. The van der Waals surface area contributed by atoms with Crippen LogP contribution >= 0.6 is 0 Å². The summed E-state index contributed by atoms with van der Waals surface area (Å²) in [6.45, 7) is 5.64. The number of Topliss-reactive ketones (excluding diaryl/α,β-unsaturated/α-hetero) is 1. The molecule has 20 heavy (non-hydrogen) atoms. The summed E-state index contributed by atoms with van der Waals surface area (Å²) in [6.07, 6.45) is 3.43. The average molecular weight is 279 g/mol. The van der Waals surface area contributed by atoms with E-state index in [1.807, 2.05) is 13.8 Å². The number of ketones is 1. The Morgan fingerprint density at radius 2 is 1.90 bits per heavy atom. The number of methoxy groups -OCH3 is 1. The van der Waals surface area contributed by atoms with Crippen LogP contribution in [0, 0.1) is 5.82 Å². The van der Waals surface area contributed by atoms with Gasteiger partial charge in [-0.15, -0.1) is 0 Å². The molecule has 0 N–H and O–H groups in total. The minimum absolute atomic E-state index is 0.0873. The van der Waals surface area contributed by atoms with Crippen LogP contribution in [0.3, 0.4) is 0 Å². The van der Waals surface area contributed by atoms with E-state index >= 15 is 0 Å². The largest absolute Gasteiger partial charge is 0.496 e. The van der Waals surface area contributed by atoms with Crippen LogP contribution in [0.1, 0.15) is 43.5 Å². The molecule has 0 unspecified atom stereocenters. The minimum Gasteiger partial charge on any atom is -0.496 e. The fourth-order valence-corrected chi connectivity index (χ4v) is 2.78. The lowest BCUT2D eigenvalue weighted by atomic mass is 9.89. The van der Waals surface area contributed by atoms with Crippen molar-refractivity contribution in [3.63, 3.8) is 0 Å². The maximum atomic E-state index is 13.5. The molecule has 4 heteroatoms. The van der Waals surface area contributed by atoms with Crippen molar-refractivity contribution in [3.8, 4) is 5.75 Å². The number of hydrogen-bond acceptors (Lipinski definition) is 3. The molecule has 1 fully saturated rings. The van der Waals surface area contributed by atoms with Gasteiger partial charge in [0.1, 0.15) is 11.6 Å².